The highest BCUT2D eigenvalue weighted by atomic mass is 16.5. The molecule has 1 aliphatic heterocycles. The molecule has 2 N–H and O–H groups in total. The van der Waals surface area contributed by atoms with Crippen LogP contribution in [0.3, 0.4) is 0 Å². The number of nitrogens with one attached hydrogen (secondary N) is 1. The van der Waals surface area contributed by atoms with Crippen molar-refractivity contribution in [1.82, 2.24) is 5.32 Å². The number of rotatable bonds is 7. The minimum Gasteiger partial charge on any atom is -0.495 e. The molecular formula is C22H24N2O5. The number of anilines is 1. The fourth-order valence-electron chi connectivity index (χ4n) is 3.48. The minimum atomic E-state index is -1.26. The van der Waals surface area contributed by atoms with Gasteiger partial charge < -0.3 is 20.1 Å². The van der Waals surface area contributed by atoms with Gasteiger partial charge in [-0.05, 0) is 24.6 Å². The second kappa shape index (κ2) is 8.34. The quantitative estimate of drug-likeness (QED) is 0.748. The normalized spacial score (nSPS) is 18.2. The van der Waals surface area contributed by atoms with Crippen LogP contribution in [-0.2, 0) is 19.8 Å². The number of carbonyl (C=O) groups excluding carboxylic acids is 2. The number of nitrogens with zero attached hydrogens (tertiary/aromatic N) is 1. The topological polar surface area (TPSA) is 95.9 Å². The third-order valence-corrected chi connectivity index (χ3v) is 5.37. The van der Waals surface area contributed by atoms with Crippen LogP contribution in [-0.4, -0.2) is 43.1 Å². The first kappa shape index (κ1) is 20.4. The zero-order valence-corrected chi connectivity index (χ0v) is 16.4. The first-order valence-corrected chi connectivity index (χ1v) is 9.37. The molecule has 0 aliphatic carbocycles. The molecule has 0 spiro atoms. The summed E-state index contributed by atoms with van der Waals surface area (Å²) in [5, 5.41) is 12.5. The molecule has 2 aromatic rings. The van der Waals surface area contributed by atoms with Crippen molar-refractivity contribution in [3.63, 3.8) is 0 Å². The van der Waals surface area contributed by atoms with Crippen LogP contribution in [0.25, 0.3) is 0 Å². The summed E-state index contributed by atoms with van der Waals surface area (Å²) in [5.74, 6) is -1.52. The van der Waals surface area contributed by atoms with E-state index in [1.165, 1.54) is 12.0 Å². The predicted octanol–water partition coefficient (Wildman–Crippen LogP) is 2.21. The Bertz CT molecular complexity index is 914. The average molecular weight is 396 g/mol. The second-order valence-electron chi connectivity index (χ2n) is 7.30. The van der Waals surface area contributed by atoms with Gasteiger partial charge in [0, 0.05) is 19.5 Å². The van der Waals surface area contributed by atoms with Crippen LogP contribution < -0.4 is 15.0 Å². The van der Waals surface area contributed by atoms with Crippen molar-refractivity contribution in [3.8, 4) is 5.75 Å². The maximum absolute atomic E-state index is 12.7. The van der Waals surface area contributed by atoms with Crippen molar-refractivity contribution in [2.24, 2.45) is 5.92 Å². The number of carboxylic acids is 1. The summed E-state index contributed by atoms with van der Waals surface area (Å²) in [5.41, 5.74) is -0.0390. The largest absolute Gasteiger partial charge is 0.495 e. The van der Waals surface area contributed by atoms with Gasteiger partial charge in [0.2, 0.25) is 11.8 Å². The van der Waals surface area contributed by atoms with Gasteiger partial charge in [-0.2, -0.15) is 0 Å². The molecule has 0 bridgehead atoms. The molecule has 2 unspecified atom stereocenters. The lowest BCUT2D eigenvalue weighted by Crippen LogP contribution is -2.46. The number of ether oxygens (including phenoxy) is 1. The lowest BCUT2D eigenvalue weighted by Gasteiger charge is -2.26. The summed E-state index contributed by atoms with van der Waals surface area (Å²) in [6.45, 7) is 1.73. The Hall–Kier alpha value is -3.35. The van der Waals surface area contributed by atoms with Crippen LogP contribution in [0.5, 0.6) is 5.75 Å². The van der Waals surface area contributed by atoms with Gasteiger partial charge >= 0.3 is 5.97 Å². The van der Waals surface area contributed by atoms with Crippen LogP contribution in [0.4, 0.5) is 5.69 Å². The third-order valence-electron chi connectivity index (χ3n) is 5.37. The number of aliphatic carboxylic acids is 1. The predicted molar refractivity (Wildman–Crippen MR) is 108 cm³/mol. The van der Waals surface area contributed by atoms with Gasteiger partial charge in [-0.1, -0.05) is 42.5 Å². The molecular weight excluding hydrogens is 372 g/mol. The Labute approximate surface area is 169 Å². The van der Waals surface area contributed by atoms with Gasteiger partial charge in [0.1, 0.15) is 11.2 Å². The number of hydrogen-bond donors (Lipinski definition) is 2. The summed E-state index contributed by atoms with van der Waals surface area (Å²) >= 11 is 0. The number of para-hydroxylation sites is 2. The smallest absolute Gasteiger partial charge is 0.315 e. The molecule has 3 rings (SSSR count). The highest BCUT2D eigenvalue weighted by Crippen LogP contribution is 2.33. The molecule has 2 atom stereocenters. The molecule has 7 nitrogen and oxygen atoms in total. The Balaban J connectivity index is 1.70. The second-order valence-corrected chi connectivity index (χ2v) is 7.30. The Kier molecular flexibility index (Phi) is 5.87. The first-order chi connectivity index (χ1) is 13.9. The maximum Gasteiger partial charge on any atom is 0.315 e. The average Bonchev–Trinajstić information content (AvgIpc) is 3.13. The number of methoxy groups -OCH3 is 1. The molecule has 2 aromatic carbocycles. The van der Waals surface area contributed by atoms with E-state index < -0.39 is 17.3 Å². The van der Waals surface area contributed by atoms with E-state index in [4.69, 9.17) is 4.74 Å². The number of benzene rings is 2. The molecule has 1 saturated heterocycles. The monoisotopic (exact) mass is 396 g/mol. The van der Waals surface area contributed by atoms with E-state index in [0.717, 1.165) is 0 Å². The van der Waals surface area contributed by atoms with E-state index in [2.05, 4.69) is 5.32 Å². The van der Waals surface area contributed by atoms with E-state index in [9.17, 15) is 19.5 Å². The van der Waals surface area contributed by atoms with E-state index >= 15 is 0 Å². The lowest BCUT2D eigenvalue weighted by atomic mass is 9.82. The fraction of sp³-hybridized carbons (Fsp3) is 0.318. The Morgan fingerprint density at radius 3 is 2.48 bits per heavy atom. The van der Waals surface area contributed by atoms with Crippen LogP contribution in [0.1, 0.15) is 18.9 Å². The van der Waals surface area contributed by atoms with Crippen molar-refractivity contribution in [2.75, 3.05) is 25.1 Å². The van der Waals surface area contributed by atoms with Gasteiger partial charge in [0.15, 0.2) is 0 Å². The van der Waals surface area contributed by atoms with Crippen LogP contribution in [0, 0.1) is 5.92 Å². The zero-order valence-electron chi connectivity index (χ0n) is 16.4. The van der Waals surface area contributed by atoms with Gasteiger partial charge in [-0.25, -0.2) is 0 Å². The minimum absolute atomic E-state index is 0.0650. The van der Waals surface area contributed by atoms with Crippen LogP contribution in [0.2, 0.25) is 0 Å². The summed E-state index contributed by atoms with van der Waals surface area (Å²) in [6, 6.07) is 15.9. The number of amides is 2. The summed E-state index contributed by atoms with van der Waals surface area (Å²) in [6.07, 6.45) is 0.0685. The van der Waals surface area contributed by atoms with Crippen molar-refractivity contribution in [3.05, 3.63) is 60.2 Å². The molecule has 7 heteroatoms. The maximum atomic E-state index is 12.7. The summed E-state index contributed by atoms with van der Waals surface area (Å²) in [4.78, 5) is 38.6. The highest BCUT2D eigenvalue weighted by molar-refractivity contribution is 6.01. The SMILES string of the molecule is COc1ccccc1N1CC(C(=O)NCC(C)(C(=O)O)c2ccccc2)CC1=O. The fourth-order valence-corrected chi connectivity index (χ4v) is 3.48. The van der Waals surface area contributed by atoms with Gasteiger partial charge in [0.25, 0.3) is 0 Å². The zero-order chi connectivity index (χ0) is 21.0. The molecule has 0 aromatic heterocycles. The van der Waals surface area contributed by atoms with Crippen molar-refractivity contribution in [1.29, 1.82) is 0 Å². The molecule has 29 heavy (non-hydrogen) atoms. The van der Waals surface area contributed by atoms with Crippen LogP contribution in [0.15, 0.2) is 54.6 Å². The molecule has 2 amide bonds. The van der Waals surface area contributed by atoms with Crippen molar-refractivity contribution < 1.29 is 24.2 Å². The Morgan fingerprint density at radius 2 is 1.83 bits per heavy atom. The van der Waals surface area contributed by atoms with E-state index in [1.807, 2.05) is 6.07 Å². The lowest BCUT2D eigenvalue weighted by molar-refractivity contribution is -0.143. The molecule has 0 radical (unpaired) electrons. The van der Waals surface area contributed by atoms with E-state index in [1.54, 1.807) is 55.5 Å². The first-order valence-electron chi connectivity index (χ1n) is 9.37. The summed E-state index contributed by atoms with van der Waals surface area (Å²) in [7, 11) is 1.53. The van der Waals surface area contributed by atoms with Crippen molar-refractivity contribution >= 4 is 23.5 Å². The molecule has 152 valence electrons. The number of hydrogen-bond acceptors (Lipinski definition) is 4. The molecule has 1 aliphatic rings. The molecule has 0 saturated carbocycles. The van der Waals surface area contributed by atoms with Crippen molar-refractivity contribution in [2.45, 2.75) is 18.8 Å². The molecule has 1 heterocycles. The molecule has 1 fully saturated rings. The highest BCUT2D eigenvalue weighted by Gasteiger charge is 2.39. The van der Waals surface area contributed by atoms with Gasteiger partial charge in [-0.3, -0.25) is 14.4 Å². The van der Waals surface area contributed by atoms with Gasteiger partial charge in [0.05, 0.1) is 18.7 Å². The van der Waals surface area contributed by atoms with Gasteiger partial charge in [-0.15, -0.1) is 0 Å². The van der Waals surface area contributed by atoms with E-state index in [-0.39, 0.29) is 31.3 Å². The third kappa shape index (κ3) is 4.08. The standard InChI is InChI=1S/C22H24N2O5/c1-22(21(27)28,16-8-4-3-5-9-16)14-23-20(26)15-12-19(25)24(13-15)17-10-6-7-11-18(17)29-2/h3-11,15H,12-14H2,1-2H3,(H,23,26)(H,27,28). The van der Waals surface area contributed by atoms with E-state index in [0.29, 0.717) is 17.0 Å². The summed E-state index contributed by atoms with van der Waals surface area (Å²) < 4.78 is 5.31. The number of carbonyl (C=O) groups is 3. The van der Waals surface area contributed by atoms with Crippen LogP contribution >= 0.6 is 0 Å². The number of carboxylic acid groups (broad SMARTS) is 1. The Morgan fingerprint density at radius 1 is 1.17 bits per heavy atom.